The number of aldehydes is 1. The van der Waals surface area contributed by atoms with Crippen LogP contribution in [-0.2, 0) is 0 Å². The van der Waals surface area contributed by atoms with Gasteiger partial charge in [0.15, 0.2) is 17.8 Å². The minimum Gasteiger partial charge on any atom is -0.493 e. The topological polar surface area (TPSA) is 61.3 Å². The first-order chi connectivity index (χ1) is 8.80. The first kappa shape index (κ1) is 12.0. The Morgan fingerprint density at radius 1 is 1.22 bits per heavy atom. The molecule has 0 saturated carbocycles. The zero-order valence-corrected chi connectivity index (χ0v) is 10.1. The lowest BCUT2D eigenvalue weighted by Crippen LogP contribution is -2.00. The van der Waals surface area contributed by atoms with Crippen molar-refractivity contribution in [3.8, 4) is 22.9 Å². The van der Waals surface area contributed by atoms with Crippen LogP contribution in [0.3, 0.4) is 0 Å². The molecule has 2 heterocycles. The van der Waals surface area contributed by atoms with Crippen molar-refractivity contribution in [2.45, 2.75) is 0 Å². The molecular weight excluding hydrogens is 232 g/mol. The molecule has 0 radical (unpaired) electrons. The maximum absolute atomic E-state index is 10.9. The van der Waals surface area contributed by atoms with Crippen molar-refractivity contribution in [3.05, 3.63) is 36.2 Å². The molecule has 0 aliphatic heterocycles. The molecule has 0 aliphatic carbocycles. The monoisotopic (exact) mass is 244 g/mol. The van der Waals surface area contributed by atoms with E-state index in [4.69, 9.17) is 9.47 Å². The summed E-state index contributed by atoms with van der Waals surface area (Å²) in [6, 6.07) is 6.96. The quantitative estimate of drug-likeness (QED) is 0.769. The lowest BCUT2D eigenvalue weighted by Gasteiger charge is -2.12. The Kier molecular flexibility index (Phi) is 3.52. The Hall–Kier alpha value is -2.43. The first-order valence-corrected chi connectivity index (χ1v) is 5.29. The fourth-order valence-electron chi connectivity index (χ4n) is 1.61. The van der Waals surface area contributed by atoms with Gasteiger partial charge in [-0.2, -0.15) is 0 Å². The van der Waals surface area contributed by atoms with Crippen molar-refractivity contribution >= 4 is 6.29 Å². The number of nitrogens with zero attached hydrogens (tertiary/aromatic N) is 2. The van der Waals surface area contributed by atoms with Crippen molar-refractivity contribution in [2.24, 2.45) is 0 Å². The highest BCUT2D eigenvalue weighted by Gasteiger charge is 2.16. The minimum absolute atomic E-state index is 0.272. The second-order valence-electron chi connectivity index (χ2n) is 3.46. The highest BCUT2D eigenvalue weighted by molar-refractivity contribution is 5.78. The number of pyridine rings is 2. The molecule has 92 valence electrons. The van der Waals surface area contributed by atoms with Gasteiger partial charge in [-0.3, -0.25) is 9.78 Å². The Balaban J connectivity index is 2.67. The predicted octanol–water partition coefficient (Wildman–Crippen LogP) is 1.97. The van der Waals surface area contributed by atoms with Crippen LogP contribution in [0.15, 0.2) is 30.5 Å². The van der Waals surface area contributed by atoms with Gasteiger partial charge in [0.25, 0.3) is 0 Å². The molecule has 0 N–H and O–H groups in total. The van der Waals surface area contributed by atoms with E-state index in [2.05, 4.69) is 9.97 Å². The molecule has 5 heteroatoms. The first-order valence-electron chi connectivity index (χ1n) is 5.29. The van der Waals surface area contributed by atoms with E-state index in [-0.39, 0.29) is 5.69 Å². The summed E-state index contributed by atoms with van der Waals surface area (Å²) in [6.07, 6.45) is 2.31. The number of hydrogen-bond acceptors (Lipinski definition) is 5. The minimum atomic E-state index is 0.272. The molecule has 2 rings (SSSR count). The Labute approximate surface area is 104 Å². The average molecular weight is 244 g/mol. The summed E-state index contributed by atoms with van der Waals surface area (Å²) in [4.78, 5) is 19.3. The summed E-state index contributed by atoms with van der Waals surface area (Å²) in [5, 5.41) is 0. The lowest BCUT2D eigenvalue weighted by atomic mass is 10.2. The van der Waals surface area contributed by atoms with Gasteiger partial charge in [-0.25, -0.2) is 4.98 Å². The third kappa shape index (κ3) is 2.15. The number of ether oxygens (including phenoxy) is 2. The van der Waals surface area contributed by atoms with Crippen molar-refractivity contribution in [3.63, 3.8) is 0 Å². The van der Waals surface area contributed by atoms with E-state index in [1.165, 1.54) is 20.3 Å². The second kappa shape index (κ2) is 5.27. The summed E-state index contributed by atoms with van der Waals surface area (Å²) < 4.78 is 10.5. The summed E-state index contributed by atoms with van der Waals surface area (Å²) in [6.45, 7) is 0. The van der Waals surface area contributed by atoms with Gasteiger partial charge in [0.2, 0.25) is 0 Å². The van der Waals surface area contributed by atoms with Crippen LogP contribution in [0, 0.1) is 0 Å². The molecule has 0 fully saturated rings. The van der Waals surface area contributed by atoms with Crippen molar-refractivity contribution in [1.29, 1.82) is 0 Å². The molecule has 18 heavy (non-hydrogen) atoms. The lowest BCUT2D eigenvalue weighted by molar-refractivity contribution is 0.111. The van der Waals surface area contributed by atoms with Gasteiger partial charge in [-0.1, -0.05) is 6.07 Å². The standard InChI is InChI=1S/C13H12N2O3/c1-17-11-7-9(8-16)15-12(13(11)18-2)10-5-3-4-6-14-10/h3-8H,1-2H3. The zero-order chi connectivity index (χ0) is 13.0. The number of aromatic nitrogens is 2. The van der Waals surface area contributed by atoms with Crippen LogP contribution in [0.5, 0.6) is 11.5 Å². The summed E-state index contributed by atoms with van der Waals surface area (Å²) in [7, 11) is 3.03. The van der Waals surface area contributed by atoms with E-state index in [1.807, 2.05) is 6.07 Å². The van der Waals surface area contributed by atoms with Gasteiger partial charge >= 0.3 is 0 Å². The number of carbonyl (C=O) groups excluding carboxylic acids is 1. The second-order valence-corrected chi connectivity index (χ2v) is 3.46. The molecule has 0 aliphatic rings. The highest BCUT2D eigenvalue weighted by Crippen LogP contribution is 2.35. The van der Waals surface area contributed by atoms with Gasteiger partial charge in [0, 0.05) is 12.3 Å². The van der Waals surface area contributed by atoms with E-state index in [1.54, 1.807) is 18.3 Å². The molecular formula is C13H12N2O3. The van der Waals surface area contributed by atoms with Crippen LogP contribution >= 0.6 is 0 Å². The van der Waals surface area contributed by atoms with Crippen LogP contribution in [0.25, 0.3) is 11.4 Å². The zero-order valence-electron chi connectivity index (χ0n) is 10.1. The van der Waals surface area contributed by atoms with Crippen molar-refractivity contribution < 1.29 is 14.3 Å². The van der Waals surface area contributed by atoms with Gasteiger partial charge < -0.3 is 9.47 Å². The molecule has 2 aromatic heterocycles. The third-order valence-electron chi connectivity index (χ3n) is 2.41. The van der Waals surface area contributed by atoms with Gasteiger partial charge in [-0.05, 0) is 12.1 Å². The summed E-state index contributed by atoms with van der Waals surface area (Å²) in [5.74, 6) is 0.914. The fourth-order valence-corrected chi connectivity index (χ4v) is 1.61. The normalized spacial score (nSPS) is 9.89. The molecule has 0 saturated heterocycles. The fraction of sp³-hybridized carbons (Fsp3) is 0.154. The molecule has 0 atom stereocenters. The molecule has 0 amide bonds. The Bertz CT molecular complexity index is 556. The van der Waals surface area contributed by atoms with Crippen LogP contribution in [0.2, 0.25) is 0 Å². The molecule has 0 aromatic carbocycles. The van der Waals surface area contributed by atoms with E-state index in [0.29, 0.717) is 29.2 Å². The van der Waals surface area contributed by atoms with Crippen LogP contribution in [0.4, 0.5) is 0 Å². The van der Waals surface area contributed by atoms with Crippen molar-refractivity contribution in [2.75, 3.05) is 14.2 Å². The van der Waals surface area contributed by atoms with Crippen LogP contribution in [-0.4, -0.2) is 30.5 Å². The van der Waals surface area contributed by atoms with E-state index in [9.17, 15) is 4.79 Å². The summed E-state index contributed by atoms with van der Waals surface area (Å²) >= 11 is 0. The molecule has 0 spiro atoms. The highest BCUT2D eigenvalue weighted by atomic mass is 16.5. The maximum atomic E-state index is 10.9. The smallest absolute Gasteiger partial charge is 0.188 e. The average Bonchev–Trinajstić information content (AvgIpc) is 2.46. The largest absolute Gasteiger partial charge is 0.493 e. The Morgan fingerprint density at radius 3 is 2.61 bits per heavy atom. The molecule has 2 aromatic rings. The predicted molar refractivity (Wildman–Crippen MR) is 66.0 cm³/mol. The number of methoxy groups -OCH3 is 2. The van der Waals surface area contributed by atoms with E-state index >= 15 is 0 Å². The summed E-state index contributed by atoms with van der Waals surface area (Å²) in [5.41, 5.74) is 1.38. The van der Waals surface area contributed by atoms with E-state index < -0.39 is 0 Å². The molecule has 0 unspecified atom stereocenters. The van der Waals surface area contributed by atoms with Crippen molar-refractivity contribution in [1.82, 2.24) is 9.97 Å². The Morgan fingerprint density at radius 2 is 2.06 bits per heavy atom. The van der Waals surface area contributed by atoms with Crippen LogP contribution < -0.4 is 9.47 Å². The molecule has 5 nitrogen and oxygen atoms in total. The van der Waals surface area contributed by atoms with E-state index in [0.717, 1.165) is 0 Å². The number of carbonyl (C=O) groups is 1. The maximum Gasteiger partial charge on any atom is 0.188 e. The van der Waals surface area contributed by atoms with Crippen LogP contribution in [0.1, 0.15) is 10.5 Å². The van der Waals surface area contributed by atoms with Gasteiger partial charge in [0.1, 0.15) is 11.4 Å². The van der Waals surface area contributed by atoms with Gasteiger partial charge in [-0.15, -0.1) is 0 Å². The SMILES string of the molecule is COc1cc(C=O)nc(-c2ccccn2)c1OC. The number of hydrogen-bond donors (Lipinski definition) is 0. The van der Waals surface area contributed by atoms with Gasteiger partial charge in [0.05, 0.1) is 19.9 Å². The number of rotatable bonds is 4. The molecule has 0 bridgehead atoms. The third-order valence-corrected chi connectivity index (χ3v) is 2.41.